The minimum atomic E-state index is -0.905. The summed E-state index contributed by atoms with van der Waals surface area (Å²) in [5.74, 6) is -0.716. The minimum Gasteiger partial charge on any atom is -0.481 e. The van der Waals surface area contributed by atoms with Crippen molar-refractivity contribution in [1.29, 1.82) is 0 Å². The van der Waals surface area contributed by atoms with Gasteiger partial charge in [-0.15, -0.1) is 11.8 Å². The van der Waals surface area contributed by atoms with E-state index >= 15 is 0 Å². The molecule has 0 bridgehead atoms. The maximum absolute atomic E-state index is 12.1. The predicted octanol–water partition coefficient (Wildman–Crippen LogP) is 3.09. The van der Waals surface area contributed by atoms with Crippen LogP contribution in [0.5, 0.6) is 0 Å². The molecule has 1 aromatic carbocycles. The van der Waals surface area contributed by atoms with Crippen molar-refractivity contribution >= 4 is 23.6 Å². The molecule has 0 fully saturated rings. The Kier molecular flexibility index (Phi) is 6.27. The van der Waals surface area contributed by atoms with Crippen LogP contribution in [0.25, 0.3) is 0 Å². The van der Waals surface area contributed by atoms with E-state index in [1.54, 1.807) is 6.92 Å². The third kappa shape index (κ3) is 5.42. The van der Waals surface area contributed by atoms with Gasteiger partial charge in [-0.25, -0.2) is 0 Å². The summed E-state index contributed by atoms with van der Waals surface area (Å²) in [5.41, 5.74) is 0.405. The summed E-state index contributed by atoms with van der Waals surface area (Å²) >= 11 is 1.47. The molecule has 2 N–H and O–H groups in total. The number of aryl methyl sites for hydroxylation is 1. The number of carbonyl (C=O) groups is 2. The summed E-state index contributed by atoms with van der Waals surface area (Å²) < 4.78 is 0. The number of carboxylic acid groups (broad SMARTS) is 1. The van der Waals surface area contributed by atoms with Crippen molar-refractivity contribution in [2.45, 2.75) is 44.6 Å². The van der Waals surface area contributed by atoms with Crippen molar-refractivity contribution < 1.29 is 14.7 Å². The lowest BCUT2D eigenvalue weighted by Gasteiger charge is -2.33. The van der Waals surface area contributed by atoms with Crippen molar-refractivity contribution in [3.05, 3.63) is 29.8 Å². The number of thioether (sulfide) groups is 1. The molecule has 0 aliphatic rings. The van der Waals surface area contributed by atoms with Crippen LogP contribution < -0.4 is 5.32 Å². The van der Waals surface area contributed by atoms with E-state index in [0.717, 1.165) is 10.5 Å². The Morgan fingerprint density at radius 3 is 2.48 bits per heavy atom. The van der Waals surface area contributed by atoms with Gasteiger partial charge in [-0.1, -0.05) is 32.0 Å². The number of carboxylic acids is 1. The first-order chi connectivity index (χ1) is 9.74. The molecule has 0 aliphatic carbocycles. The number of carbonyl (C=O) groups excluding carboxylic acids is 1. The average Bonchev–Trinajstić information content (AvgIpc) is 2.36. The van der Waals surface area contributed by atoms with Crippen molar-refractivity contribution in [2.75, 3.05) is 5.75 Å². The first-order valence-electron chi connectivity index (χ1n) is 6.96. The van der Waals surface area contributed by atoms with Crippen LogP contribution in [0.15, 0.2) is 29.2 Å². The summed E-state index contributed by atoms with van der Waals surface area (Å²) in [7, 11) is 0. The fourth-order valence-corrected chi connectivity index (χ4v) is 2.75. The lowest BCUT2D eigenvalue weighted by atomic mass is 9.85. The van der Waals surface area contributed by atoms with Gasteiger partial charge >= 0.3 is 5.97 Å². The van der Waals surface area contributed by atoms with Crippen molar-refractivity contribution in [1.82, 2.24) is 5.32 Å². The first-order valence-corrected chi connectivity index (χ1v) is 7.94. The van der Waals surface area contributed by atoms with Crippen LogP contribution in [-0.2, 0) is 9.59 Å². The molecule has 0 spiro atoms. The second-order valence-corrected chi connectivity index (χ2v) is 6.76. The smallest absolute Gasteiger partial charge is 0.305 e. The van der Waals surface area contributed by atoms with E-state index in [1.165, 1.54) is 11.8 Å². The third-order valence-corrected chi connectivity index (χ3v) is 4.85. The predicted molar refractivity (Wildman–Crippen MR) is 85.5 cm³/mol. The summed E-state index contributed by atoms with van der Waals surface area (Å²) in [6.07, 6.45) is -0.0779. The van der Waals surface area contributed by atoms with E-state index in [1.807, 2.05) is 45.0 Å². The third-order valence-electron chi connectivity index (χ3n) is 3.67. The first kappa shape index (κ1) is 17.6. The molecular weight excluding hydrogens is 286 g/mol. The number of benzene rings is 1. The van der Waals surface area contributed by atoms with Crippen LogP contribution in [0.4, 0.5) is 0 Å². The molecule has 4 nitrogen and oxygen atoms in total. The van der Waals surface area contributed by atoms with Gasteiger partial charge in [-0.3, -0.25) is 9.59 Å². The normalized spacial score (nSPS) is 13.8. The van der Waals surface area contributed by atoms with Crippen LogP contribution >= 0.6 is 11.8 Å². The van der Waals surface area contributed by atoms with Gasteiger partial charge < -0.3 is 10.4 Å². The molecular formula is C16H23NO3S. The molecule has 1 amide bonds. The quantitative estimate of drug-likeness (QED) is 0.760. The molecule has 1 unspecified atom stereocenters. The molecule has 1 atom stereocenters. The molecule has 0 aliphatic heterocycles. The number of nitrogens with one attached hydrogen (secondary N) is 1. The van der Waals surface area contributed by atoms with E-state index in [-0.39, 0.29) is 24.0 Å². The van der Waals surface area contributed by atoms with Gasteiger partial charge in [-0.2, -0.15) is 0 Å². The highest BCUT2D eigenvalue weighted by Gasteiger charge is 2.32. The Balaban J connectivity index is 2.63. The molecule has 0 saturated carbocycles. The highest BCUT2D eigenvalue weighted by molar-refractivity contribution is 8.00. The molecule has 116 valence electrons. The monoisotopic (exact) mass is 309 g/mol. The zero-order chi connectivity index (χ0) is 16.0. The number of hydrogen-bond acceptors (Lipinski definition) is 3. The Morgan fingerprint density at radius 1 is 1.33 bits per heavy atom. The maximum Gasteiger partial charge on any atom is 0.305 e. The second kappa shape index (κ2) is 7.50. The summed E-state index contributed by atoms with van der Waals surface area (Å²) in [5, 5.41) is 11.9. The van der Waals surface area contributed by atoms with E-state index in [9.17, 15) is 9.59 Å². The molecule has 0 saturated heterocycles. The zero-order valence-corrected chi connectivity index (χ0v) is 13.8. The van der Waals surface area contributed by atoms with Gasteiger partial charge in [-0.05, 0) is 31.4 Å². The van der Waals surface area contributed by atoms with Crippen molar-refractivity contribution in [3.63, 3.8) is 0 Å². The average molecular weight is 309 g/mol. The fourth-order valence-electron chi connectivity index (χ4n) is 1.92. The van der Waals surface area contributed by atoms with E-state index in [0.29, 0.717) is 0 Å². The van der Waals surface area contributed by atoms with Crippen LogP contribution in [0.3, 0.4) is 0 Å². The van der Waals surface area contributed by atoms with Crippen LogP contribution in [-0.4, -0.2) is 28.3 Å². The second-order valence-electron chi connectivity index (χ2n) is 5.75. The lowest BCUT2D eigenvalue weighted by molar-refractivity contribution is -0.139. The minimum absolute atomic E-state index is 0.0426. The largest absolute Gasteiger partial charge is 0.481 e. The van der Waals surface area contributed by atoms with Gasteiger partial charge in [0, 0.05) is 10.4 Å². The van der Waals surface area contributed by atoms with Crippen LogP contribution in [0, 0.1) is 12.8 Å². The van der Waals surface area contributed by atoms with Crippen LogP contribution in [0.1, 0.15) is 32.8 Å². The lowest BCUT2D eigenvalue weighted by Crippen LogP contribution is -2.51. The molecule has 5 heteroatoms. The number of hydrogen-bond donors (Lipinski definition) is 2. The summed E-state index contributed by atoms with van der Waals surface area (Å²) in [6, 6.07) is 7.88. The van der Waals surface area contributed by atoms with E-state index < -0.39 is 11.5 Å². The number of amides is 1. The fraction of sp³-hybridized carbons (Fsp3) is 0.500. The van der Waals surface area contributed by atoms with Gasteiger partial charge in [0.2, 0.25) is 5.91 Å². The summed E-state index contributed by atoms with van der Waals surface area (Å²) in [6.45, 7) is 7.61. The van der Waals surface area contributed by atoms with Crippen LogP contribution in [0.2, 0.25) is 0 Å². The van der Waals surface area contributed by atoms with Crippen molar-refractivity contribution in [3.8, 4) is 0 Å². The standard InChI is InChI=1S/C16H23NO3S/c1-11(2)16(4,9-15(19)20)17-14(18)10-21-13-8-6-5-7-12(13)3/h5-8,11H,9-10H2,1-4H3,(H,17,18)(H,19,20). The Labute approximate surface area is 130 Å². The van der Waals surface area contributed by atoms with E-state index in [2.05, 4.69) is 5.32 Å². The molecule has 0 heterocycles. The van der Waals surface area contributed by atoms with Gasteiger partial charge in [0.25, 0.3) is 0 Å². The highest BCUT2D eigenvalue weighted by Crippen LogP contribution is 2.24. The molecule has 1 rings (SSSR count). The SMILES string of the molecule is Cc1ccccc1SCC(=O)NC(C)(CC(=O)O)C(C)C. The Morgan fingerprint density at radius 2 is 1.95 bits per heavy atom. The van der Waals surface area contributed by atoms with Crippen molar-refractivity contribution in [2.24, 2.45) is 5.92 Å². The Hall–Kier alpha value is -1.49. The van der Waals surface area contributed by atoms with Gasteiger partial charge in [0.05, 0.1) is 12.2 Å². The van der Waals surface area contributed by atoms with E-state index in [4.69, 9.17) is 5.11 Å². The van der Waals surface area contributed by atoms with Gasteiger partial charge in [0.15, 0.2) is 0 Å². The molecule has 0 radical (unpaired) electrons. The molecule has 21 heavy (non-hydrogen) atoms. The molecule has 1 aromatic rings. The Bertz CT molecular complexity index is 516. The zero-order valence-electron chi connectivity index (χ0n) is 13.0. The maximum atomic E-state index is 12.1. The topological polar surface area (TPSA) is 66.4 Å². The summed E-state index contributed by atoms with van der Waals surface area (Å²) in [4.78, 5) is 24.1. The van der Waals surface area contributed by atoms with Gasteiger partial charge in [0.1, 0.15) is 0 Å². The highest BCUT2D eigenvalue weighted by atomic mass is 32.2. The number of rotatable bonds is 7. The number of aliphatic carboxylic acids is 1. The molecule has 0 aromatic heterocycles.